The van der Waals surface area contributed by atoms with Crippen molar-refractivity contribution in [1.29, 1.82) is 0 Å². The third kappa shape index (κ3) is 6.07. The maximum absolute atomic E-state index is 12.8. The molecule has 5 rings (SSSR count). The number of nitrogens with zero attached hydrogens (tertiary/aromatic N) is 6. The average Bonchev–Trinajstić information content (AvgIpc) is 2.84. The van der Waals surface area contributed by atoms with E-state index in [0.717, 1.165) is 49.2 Å². The number of likely N-dealkylation sites (N-methyl/N-ethyl adjacent to an activating group) is 1. The Morgan fingerprint density at radius 3 is 2.45 bits per heavy atom. The molecule has 0 spiro atoms. The van der Waals surface area contributed by atoms with E-state index < -0.39 is 5.60 Å². The first-order chi connectivity index (χ1) is 18.1. The van der Waals surface area contributed by atoms with Crippen LogP contribution in [0, 0.1) is 5.92 Å². The lowest BCUT2D eigenvalue weighted by Gasteiger charge is -2.40. The second-order valence-electron chi connectivity index (χ2n) is 11.3. The molecule has 2 fully saturated rings. The molecule has 3 aromatic heterocycles. The SMILES string of the molecule is CN1CCN(c2ccc(Nc3cc4c(ccc(=O)n4CCC4CN(C(=O)OC(C)(C)C)C4)cn3)nc2)CC1. The number of fused-ring (bicyclic) bond motifs is 1. The highest BCUT2D eigenvalue weighted by Gasteiger charge is 2.33. The van der Waals surface area contributed by atoms with Crippen LogP contribution in [0.15, 0.2) is 47.5 Å². The number of likely N-dealkylation sites (tertiary alicyclic amines) is 1. The number of anilines is 3. The summed E-state index contributed by atoms with van der Waals surface area (Å²) in [7, 11) is 2.15. The number of amides is 1. The quantitative estimate of drug-likeness (QED) is 0.528. The van der Waals surface area contributed by atoms with Crippen LogP contribution in [-0.2, 0) is 11.3 Å². The molecule has 2 aliphatic rings. The number of aryl methyl sites for hydroxylation is 1. The van der Waals surface area contributed by atoms with E-state index >= 15 is 0 Å². The zero-order valence-electron chi connectivity index (χ0n) is 22.7. The summed E-state index contributed by atoms with van der Waals surface area (Å²) in [5, 5.41) is 4.18. The highest BCUT2D eigenvalue weighted by atomic mass is 16.6. The Balaban J connectivity index is 1.23. The van der Waals surface area contributed by atoms with Crippen molar-refractivity contribution in [3.05, 3.63) is 53.1 Å². The van der Waals surface area contributed by atoms with Gasteiger partial charge in [-0.1, -0.05) is 0 Å². The van der Waals surface area contributed by atoms with E-state index in [1.807, 2.05) is 45.2 Å². The Morgan fingerprint density at radius 2 is 1.76 bits per heavy atom. The van der Waals surface area contributed by atoms with E-state index in [1.54, 1.807) is 21.7 Å². The Kier molecular flexibility index (Phi) is 7.25. The number of ether oxygens (including phenoxy) is 1. The molecule has 5 heterocycles. The van der Waals surface area contributed by atoms with E-state index in [1.165, 1.54) is 0 Å². The van der Waals surface area contributed by atoms with Crippen LogP contribution in [0.5, 0.6) is 0 Å². The summed E-state index contributed by atoms with van der Waals surface area (Å²) in [4.78, 5) is 40.5. The molecule has 38 heavy (non-hydrogen) atoms. The first kappa shape index (κ1) is 26.0. The number of piperazine rings is 1. The van der Waals surface area contributed by atoms with E-state index in [9.17, 15) is 9.59 Å². The van der Waals surface area contributed by atoms with E-state index in [4.69, 9.17) is 4.74 Å². The first-order valence-electron chi connectivity index (χ1n) is 13.3. The monoisotopic (exact) mass is 519 g/mol. The minimum absolute atomic E-state index is 0.0485. The minimum atomic E-state index is -0.500. The molecular weight excluding hydrogens is 482 g/mol. The zero-order valence-corrected chi connectivity index (χ0v) is 22.7. The summed E-state index contributed by atoms with van der Waals surface area (Å²) in [6, 6.07) is 9.34. The lowest BCUT2D eigenvalue weighted by atomic mass is 9.97. The molecule has 0 aliphatic carbocycles. The van der Waals surface area contributed by atoms with Crippen molar-refractivity contribution >= 4 is 34.3 Å². The molecule has 0 aromatic carbocycles. The van der Waals surface area contributed by atoms with Gasteiger partial charge in [0, 0.05) is 69.5 Å². The Labute approximate surface area is 223 Å². The fourth-order valence-electron chi connectivity index (χ4n) is 4.87. The summed E-state index contributed by atoms with van der Waals surface area (Å²) in [5.74, 6) is 1.68. The first-order valence-corrected chi connectivity index (χ1v) is 13.3. The van der Waals surface area contributed by atoms with Crippen molar-refractivity contribution in [2.24, 2.45) is 5.92 Å². The van der Waals surface area contributed by atoms with E-state index in [0.29, 0.717) is 37.2 Å². The van der Waals surface area contributed by atoms with Crippen LogP contribution in [0.25, 0.3) is 10.9 Å². The predicted octanol–water partition coefficient (Wildman–Crippen LogP) is 3.54. The van der Waals surface area contributed by atoms with Gasteiger partial charge in [-0.25, -0.2) is 14.8 Å². The van der Waals surface area contributed by atoms with Crippen LogP contribution >= 0.6 is 0 Å². The van der Waals surface area contributed by atoms with Crippen molar-refractivity contribution in [1.82, 2.24) is 24.3 Å². The van der Waals surface area contributed by atoms with Crippen molar-refractivity contribution in [2.75, 3.05) is 56.5 Å². The van der Waals surface area contributed by atoms with Crippen LogP contribution in [0.4, 0.5) is 22.1 Å². The van der Waals surface area contributed by atoms with Gasteiger partial charge in [0.1, 0.15) is 17.2 Å². The van der Waals surface area contributed by atoms with E-state index in [2.05, 4.69) is 38.2 Å². The van der Waals surface area contributed by atoms with Crippen LogP contribution < -0.4 is 15.8 Å². The maximum atomic E-state index is 12.8. The van der Waals surface area contributed by atoms with Crippen LogP contribution in [-0.4, -0.2) is 82.3 Å². The zero-order chi connectivity index (χ0) is 26.9. The van der Waals surface area contributed by atoms with Crippen molar-refractivity contribution in [3.63, 3.8) is 0 Å². The number of carbonyl (C=O) groups excluding carboxylic acids is 1. The number of hydrogen-bond acceptors (Lipinski definition) is 8. The highest BCUT2D eigenvalue weighted by Crippen LogP contribution is 2.24. The summed E-state index contributed by atoms with van der Waals surface area (Å²) >= 11 is 0. The van der Waals surface area contributed by atoms with Crippen LogP contribution in [0.1, 0.15) is 27.2 Å². The molecule has 0 atom stereocenters. The highest BCUT2D eigenvalue weighted by molar-refractivity contribution is 5.81. The van der Waals surface area contributed by atoms with Gasteiger partial charge in [-0.3, -0.25) is 4.79 Å². The predicted molar refractivity (Wildman–Crippen MR) is 149 cm³/mol. The Hall–Kier alpha value is -3.66. The second kappa shape index (κ2) is 10.6. The Bertz CT molecular complexity index is 1340. The average molecular weight is 520 g/mol. The molecule has 0 saturated carbocycles. The molecule has 3 aromatic rings. The number of aromatic nitrogens is 3. The third-order valence-electron chi connectivity index (χ3n) is 7.12. The van der Waals surface area contributed by atoms with E-state index in [-0.39, 0.29) is 11.7 Å². The molecule has 202 valence electrons. The van der Waals surface area contributed by atoms with Gasteiger partial charge in [-0.2, -0.15) is 0 Å². The fourth-order valence-corrected chi connectivity index (χ4v) is 4.87. The van der Waals surface area contributed by atoms with Crippen LogP contribution in [0.2, 0.25) is 0 Å². The summed E-state index contributed by atoms with van der Waals surface area (Å²) < 4.78 is 7.24. The minimum Gasteiger partial charge on any atom is -0.444 e. The molecule has 10 heteroatoms. The second-order valence-corrected chi connectivity index (χ2v) is 11.3. The van der Waals surface area contributed by atoms with Crippen molar-refractivity contribution in [2.45, 2.75) is 39.3 Å². The van der Waals surface area contributed by atoms with Gasteiger partial charge >= 0.3 is 6.09 Å². The third-order valence-corrected chi connectivity index (χ3v) is 7.12. The van der Waals surface area contributed by atoms with Crippen molar-refractivity contribution in [3.8, 4) is 0 Å². The molecule has 1 amide bonds. The molecule has 0 unspecified atom stereocenters. The van der Waals surface area contributed by atoms with Gasteiger partial charge in [0.05, 0.1) is 17.4 Å². The molecule has 1 N–H and O–H groups in total. The number of pyridine rings is 3. The van der Waals surface area contributed by atoms with Gasteiger partial charge in [0.15, 0.2) is 0 Å². The van der Waals surface area contributed by atoms with Gasteiger partial charge in [0.2, 0.25) is 0 Å². The molecular formula is C28H37N7O3. The smallest absolute Gasteiger partial charge is 0.410 e. The lowest BCUT2D eigenvalue weighted by molar-refractivity contribution is -0.00264. The fraction of sp³-hybridized carbons (Fsp3) is 0.500. The van der Waals surface area contributed by atoms with Gasteiger partial charge in [0.25, 0.3) is 5.56 Å². The topological polar surface area (TPSA) is 95.8 Å². The largest absolute Gasteiger partial charge is 0.444 e. The molecule has 2 aliphatic heterocycles. The number of carbonyl (C=O) groups is 1. The number of hydrogen-bond donors (Lipinski definition) is 1. The van der Waals surface area contributed by atoms with Gasteiger partial charge in [-0.05, 0) is 58.4 Å². The van der Waals surface area contributed by atoms with Crippen LogP contribution in [0.3, 0.4) is 0 Å². The number of rotatable bonds is 6. The standard InChI is InChI=1S/C28H37N7O3/c1-28(2,3)38-27(37)34-18-20(19-34)9-10-35-23-15-25(29-16-21(23)5-8-26(35)36)31-24-7-6-22(17-30-24)33-13-11-32(4)12-14-33/h5-8,15-17,20H,9-14,18-19H2,1-4H3,(H,29,30,31). The van der Waals surface area contributed by atoms with Gasteiger partial charge in [-0.15, -0.1) is 0 Å². The van der Waals surface area contributed by atoms with Crippen molar-refractivity contribution < 1.29 is 9.53 Å². The maximum Gasteiger partial charge on any atom is 0.410 e. The molecule has 0 radical (unpaired) electrons. The number of nitrogens with one attached hydrogen (secondary N) is 1. The summed E-state index contributed by atoms with van der Waals surface area (Å²) in [5.41, 5.74) is 1.39. The summed E-state index contributed by atoms with van der Waals surface area (Å²) in [6.45, 7) is 11.6. The molecule has 0 bridgehead atoms. The molecule has 10 nitrogen and oxygen atoms in total. The lowest BCUT2D eigenvalue weighted by Crippen LogP contribution is -2.51. The molecule has 2 saturated heterocycles. The Morgan fingerprint density at radius 1 is 1.03 bits per heavy atom. The summed E-state index contributed by atoms with van der Waals surface area (Å²) in [6.07, 6.45) is 4.20. The normalized spacial score (nSPS) is 16.9. The van der Waals surface area contributed by atoms with Gasteiger partial charge < -0.3 is 29.3 Å².